The van der Waals surface area contributed by atoms with E-state index >= 15 is 0 Å². The van der Waals surface area contributed by atoms with Crippen molar-refractivity contribution in [2.45, 2.75) is 33.4 Å². The molecule has 0 atom stereocenters. The number of esters is 1. The van der Waals surface area contributed by atoms with Gasteiger partial charge in [0.25, 0.3) is 0 Å². The monoisotopic (exact) mass is 326 g/mol. The van der Waals surface area contributed by atoms with Gasteiger partial charge < -0.3 is 15.0 Å². The molecular weight excluding hydrogens is 304 g/mol. The van der Waals surface area contributed by atoms with Gasteiger partial charge in [-0.05, 0) is 31.5 Å². The zero-order valence-electron chi connectivity index (χ0n) is 14.2. The van der Waals surface area contributed by atoms with Crippen molar-refractivity contribution in [2.24, 2.45) is 0 Å². The molecule has 0 aromatic heterocycles. The maximum atomic E-state index is 12.6. The Balaban J connectivity index is 2.09. The normalized spacial score (nSPS) is 10.3. The number of amides is 2. The average molecular weight is 326 g/mol. The fourth-order valence-corrected chi connectivity index (χ4v) is 2.27. The van der Waals surface area contributed by atoms with Crippen LogP contribution >= 0.6 is 0 Å². The number of anilines is 1. The quantitative estimate of drug-likeness (QED) is 0.666. The topological polar surface area (TPSA) is 58.6 Å². The average Bonchev–Trinajstić information content (AvgIpc) is 2.53. The highest BCUT2D eigenvalue weighted by molar-refractivity contribution is 5.89. The Morgan fingerprint density at radius 2 is 1.79 bits per heavy atom. The summed E-state index contributed by atoms with van der Waals surface area (Å²) in [5, 5.41) is 2.85. The van der Waals surface area contributed by atoms with Crippen LogP contribution in [0.4, 0.5) is 10.5 Å². The van der Waals surface area contributed by atoms with Gasteiger partial charge in [-0.2, -0.15) is 0 Å². The number of urea groups is 1. The van der Waals surface area contributed by atoms with E-state index in [2.05, 4.69) is 5.32 Å². The van der Waals surface area contributed by atoms with E-state index in [0.717, 1.165) is 5.56 Å². The van der Waals surface area contributed by atoms with Gasteiger partial charge in [-0.25, -0.2) is 4.79 Å². The number of hydrogen-bond donors (Lipinski definition) is 1. The van der Waals surface area contributed by atoms with E-state index in [1.165, 1.54) is 6.92 Å². The number of nitrogens with one attached hydrogen (secondary N) is 1. The lowest BCUT2D eigenvalue weighted by Gasteiger charge is -2.27. The van der Waals surface area contributed by atoms with Gasteiger partial charge in [-0.1, -0.05) is 36.4 Å². The minimum absolute atomic E-state index is 0.0434. The molecule has 0 radical (unpaired) electrons. The Morgan fingerprint density at radius 1 is 1.08 bits per heavy atom. The molecule has 0 aliphatic rings. The summed E-state index contributed by atoms with van der Waals surface area (Å²) < 4.78 is 5.04. The summed E-state index contributed by atoms with van der Waals surface area (Å²) in [5.41, 5.74) is 1.65. The molecule has 2 rings (SSSR count). The van der Waals surface area contributed by atoms with E-state index in [-0.39, 0.29) is 12.1 Å². The molecule has 5 nitrogen and oxygen atoms in total. The van der Waals surface area contributed by atoms with Crippen LogP contribution in [0.25, 0.3) is 0 Å². The first kappa shape index (κ1) is 17.5. The highest BCUT2D eigenvalue weighted by atomic mass is 16.5. The van der Waals surface area contributed by atoms with Crippen LogP contribution in [0.3, 0.4) is 0 Å². The summed E-state index contributed by atoms with van der Waals surface area (Å²) in [5.74, 6) is 0.00539. The van der Waals surface area contributed by atoms with Gasteiger partial charge in [0.05, 0.1) is 0 Å². The molecule has 0 unspecified atom stereocenters. The van der Waals surface area contributed by atoms with Crippen molar-refractivity contribution in [1.82, 2.24) is 4.90 Å². The summed E-state index contributed by atoms with van der Waals surface area (Å²) in [7, 11) is 0. The molecule has 0 bridgehead atoms. The molecule has 0 fully saturated rings. The number of hydrogen-bond acceptors (Lipinski definition) is 3. The van der Waals surface area contributed by atoms with E-state index in [0.29, 0.717) is 18.0 Å². The van der Waals surface area contributed by atoms with Crippen molar-refractivity contribution in [3.05, 3.63) is 60.2 Å². The van der Waals surface area contributed by atoms with Crippen molar-refractivity contribution in [3.63, 3.8) is 0 Å². The largest absolute Gasteiger partial charge is 0.427 e. The van der Waals surface area contributed by atoms with Crippen molar-refractivity contribution in [1.29, 1.82) is 0 Å². The number of ether oxygens (including phenoxy) is 1. The molecule has 5 heteroatoms. The first-order valence-corrected chi connectivity index (χ1v) is 7.85. The fourth-order valence-electron chi connectivity index (χ4n) is 2.27. The van der Waals surface area contributed by atoms with Crippen LogP contribution in [-0.2, 0) is 11.3 Å². The van der Waals surface area contributed by atoms with Crippen molar-refractivity contribution in [3.8, 4) is 5.75 Å². The minimum Gasteiger partial charge on any atom is -0.427 e. The van der Waals surface area contributed by atoms with Gasteiger partial charge in [0.15, 0.2) is 0 Å². The zero-order valence-corrected chi connectivity index (χ0v) is 14.2. The second-order valence-electron chi connectivity index (χ2n) is 5.76. The number of rotatable bonds is 5. The predicted molar refractivity (Wildman–Crippen MR) is 93.9 cm³/mol. The van der Waals surface area contributed by atoms with E-state index in [1.54, 1.807) is 29.2 Å². The molecule has 0 saturated carbocycles. The molecule has 0 spiro atoms. The Labute approximate surface area is 142 Å². The Bertz CT molecular complexity index is 699. The van der Waals surface area contributed by atoms with Gasteiger partial charge in [0, 0.05) is 31.3 Å². The highest BCUT2D eigenvalue weighted by Gasteiger charge is 2.17. The molecule has 0 saturated heterocycles. The zero-order chi connectivity index (χ0) is 17.5. The molecule has 2 amide bonds. The number of nitrogens with zero attached hydrogens (tertiary/aromatic N) is 1. The van der Waals surface area contributed by atoms with Crippen LogP contribution in [0.5, 0.6) is 5.75 Å². The molecule has 1 N–H and O–H groups in total. The van der Waals surface area contributed by atoms with Crippen LogP contribution < -0.4 is 10.1 Å². The second-order valence-corrected chi connectivity index (χ2v) is 5.76. The molecule has 2 aromatic carbocycles. The molecular formula is C19H22N2O3. The summed E-state index contributed by atoms with van der Waals surface area (Å²) in [6, 6.07) is 16.5. The molecule has 24 heavy (non-hydrogen) atoms. The number of carbonyl (C=O) groups is 2. The molecule has 0 heterocycles. The Kier molecular flexibility index (Phi) is 5.95. The smallest absolute Gasteiger partial charge is 0.322 e. The first-order valence-electron chi connectivity index (χ1n) is 7.85. The third-order valence-corrected chi connectivity index (χ3v) is 3.43. The summed E-state index contributed by atoms with van der Waals surface area (Å²) in [6.45, 7) is 5.80. The molecule has 2 aromatic rings. The van der Waals surface area contributed by atoms with E-state index < -0.39 is 5.97 Å². The lowest BCUT2D eigenvalue weighted by molar-refractivity contribution is -0.131. The van der Waals surface area contributed by atoms with Crippen LogP contribution in [-0.4, -0.2) is 22.9 Å². The molecule has 0 aliphatic carbocycles. The van der Waals surface area contributed by atoms with Crippen LogP contribution in [0.2, 0.25) is 0 Å². The van der Waals surface area contributed by atoms with Crippen LogP contribution in [0, 0.1) is 0 Å². The first-order chi connectivity index (χ1) is 11.5. The van der Waals surface area contributed by atoms with Crippen LogP contribution in [0.15, 0.2) is 54.6 Å². The van der Waals surface area contributed by atoms with Crippen molar-refractivity contribution >= 4 is 17.7 Å². The maximum absolute atomic E-state index is 12.6. The van der Waals surface area contributed by atoms with Gasteiger partial charge in [0.2, 0.25) is 0 Å². The third-order valence-electron chi connectivity index (χ3n) is 3.43. The predicted octanol–water partition coefficient (Wildman–Crippen LogP) is 4.05. The van der Waals surface area contributed by atoms with Gasteiger partial charge in [-0.3, -0.25) is 4.79 Å². The third kappa shape index (κ3) is 5.12. The highest BCUT2D eigenvalue weighted by Crippen LogP contribution is 2.19. The van der Waals surface area contributed by atoms with E-state index in [1.807, 2.05) is 44.2 Å². The minimum atomic E-state index is -0.397. The van der Waals surface area contributed by atoms with E-state index in [9.17, 15) is 9.59 Å². The lowest BCUT2D eigenvalue weighted by Crippen LogP contribution is -2.39. The van der Waals surface area contributed by atoms with E-state index in [4.69, 9.17) is 4.74 Å². The van der Waals surface area contributed by atoms with Gasteiger partial charge >= 0.3 is 12.0 Å². The summed E-state index contributed by atoms with van der Waals surface area (Å²) >= 11 is 0. The summed E-state index contributed by atoms with van der Waals surface area (Å²) in [6.07, 6.45) is 0. The maximum Gasteiger partial charge on any atom is 0.322 e. The van der Waals surface area contributed by atoms with Crippen molar-refractivity contribution < 1.29 is 14.3 Å². The van der Waals surface area contributed by atoms with Crippen LogP contribution in [0.1, 0.15) is 26.3 Å². The van der Waals surface area contributed by atoms with Gasteiger partial charge in [0.1, 0.15) is 5.75 Å². The Morgan fingerprint density at radius 3 is 2.42 bits per heavy atom. The Hall–Kier alpha value is -2.82. The summed E-state index contributed by atoms with van der Waals surface area (Å²) in [4.78, 5) is 25.4. The van der Waals surface area contributed by atoms with Crippen molar-refractivity contribution in [2.75, 3.05) is 5.32 Å². The molecule has 126 valence electrons. The second kappa shape index (κ2) is 8.15. The standard InChI is InChI=1S/C19H22N2O3/c1-14(2)21(13-16-8-5-4-6-9-16)19(23)20-17-10-7-11-18(12-17)24-15(3)22/h4-12,14H,13H2,1-3H3,(H,20,23). The lowest BCUT2D eigenvalue weighted by atomic mass is 10.2. The fraction of sp³-hybridized carbons (Fsp3) is 0.263. The number of benzene rings is 2. The molecule has 0 aliphatic heterocycles. The SMILES string of the molecule is CC(=O)Oc1cccc(NC(=O)N(Cc2ccccc2)C(C)C)c1. The number of carbonyl (C=O) groups excluding carboxylic acids is 2. The van der Waals surface area contributed by atoms with Gasteiger partial charge in [-0.15, -0.1) is 0 Å².